The molecule has 1 aromatic carbocycles. The minimum absolute atomic E-state index is 0.0391. The number of carbonyl (C=O) groups excluding carboxylic acids is 2. The molecular weight excluding hydrogens is 426 g/mol. The van der Waals surface area contributed by atoms with Crippen molar-refractivity contribution in [1.82, 2.24) is 15.1 Å². The molecule has 0 aliphatic carbocycles. The molecule has 2 saturated heterocycles. The lowest BCUT2D eigenvalue weighted by molar-refractivity contribution is -0.403. The summed E-state index contributed by atoms with van der Waals surface area (Å²) in [6.45, 7) is 3.88. The summed E-state index contributed by atoms with van der Waals surface area (Å²) in [5.41, 5.74) is 1.26. The van der Waals surface area contributed by atoms with E-state index in [0.29, 0.717) is 24.2 Å². The van der Waals surface area contributed by atoms with Crippen LogP contribution in [-0.2, 0) is 9.59 Å². The lowest BCUT2D eigenvalue weighted by Gasteiger charge is -2.27. The lowest BCUT2D eigenvalue weighted by atomic mass is 10.1. The number of hydrogen-bond acceptors (Lipinski definition) is 7. The minimum Gasteiger partial charge on any atom is -0.461 e. The van der Waals surface area contributed by atoms with E-state index < -0.39 is 11.0 Å². The number of hydrogen-bond donors (Lipinski definition) is 2. The van der Waals surface area contributed by atoms with Gasteiger partial charge in [0.2, 0.25) is 11.8 Å². The van der Waals surface area contributed by atoms with Crippen molar-refractivity contribution < 1.29 is 18.9 Å². The van der Waals surface area contributed by atoms with E-state index in [4.69, 9.17) is 4.42 Å². The Bertz CT molecular complexity index is 1070. The second kappa shape index (κ2) is 9.93. The van der Waals surface area contributed by atoms with Crippen molar-refractivity contribution in [3.05, 3.63) is 52.2 Å². The standard InChI is InChI=1S/C23H29N5O5/c1-16-12-17-7-8-18(13-20(17)33-16)24-21(14-28(31)32)25-19-6-2-3-11-27(23(19)30)15-22(29)26-9-4-5-10-26/h7-8,12-14,19,24-25H,2-6,9-11,15H2,1H3/b21-14-. The van der Waals surface area contributed by atoms with E-state index in [9.17, 15) is 19.7 Å². The van der Waals surface area contributed by atoms with Crippen LogP contribution in [0.5, 0.6) is 0 Å². The molecule has 2 aliphatic rings. The van der Waals surface area contributed by atoms with E-state index in [1.54, 1.807) is 21.9 Å². The van der Waals surface area contributed by atoms with Crippen LogP contribution < -0.4 is 10.6 Å². The molecule has 2 aromatic rings. The Morgan fingerprint density at radius 1 is 1.21 bits per heavy atom. The fraction of sp³-hybridized carbons (Fsp3) is 0.478. The molecule has 10 nitrogen and oxygen atoms in total. The van der Waals surface area contributed by atoms with Gasteiger partial charge < -0.3 is 24.9 Å². The maximum Gasteiger partial charge on any atom is 0.274 e. The Morgan fingerprint density at radius 2 is 1.97 bits per heavy atom. The van der Waals surface area contributed by atoms with Crippen molar-refractivity contribution >= 4 is 28.5 Å². The van der Waals surface area contributed by atoms with Crippen LogP contribution in [-0.4, -0.2) is 58.8 Å². The fourth-order valence-electron chi connectivity index (χ4n) is 4.42. The van der Waals surface area contributed by atoms with Crippen molar-refractivity contribution in [2.75, 3.05) is 31.5 Å². The summed E-state index contributed by atoms with van der Waals surface area (Å²) in [5.74, 6) is 0.624. The fourth-order valence-corrected chi connectivity index (χ4v) is 4.42. The van der Waals surface area contributed by atoms with Crippen LogP contribution in [0.15, 0.2) is 40.7 Å². The molecule has 33 heavy (non-hydrogen) atoms. The number of nitrogens with one attached hydrogen (secondary N) is 2. The SMILES string of the molecule is Cc1cc2ccc(N/C(=C/[N+](=O)[O-])NC3CCCCN(CC(=O)N4CCCC4)C3=O)cc2o1. The second-order valence-electron chi connectivity index (χ2n) is 8.60. The molecule has 0 bridgehead atoms. The third-order valence-corrected chi connectivity index (χ3v) is 6.05. The highest BCUT2D eigenvalue weighted by Gasteiger charge is 2.30. The highest BCUT2D eigenvalue weighted by Crippen LogP contribution is 2.23. The molecule has 1 aromatic heterocycles. The number of amides is 2. The van der Waals surface area contributed by atoms with Crippen molar-refractivity contribution in [3.63, 3.8) is 0 Å². The monoisotopic (exact) mass is 455 g/mol. The highest BCUT2D eigenvalue weighted by atomic mass is 16.6. The van der Waals surface area contributed by atoms with Crippen molar-refractivity contribution in [2.45, 2.75) is 45.1 Å². The smallest absolute Gasteiger partial charge is 0.274 e. The zero-order valence-electron chi connectivity index (χ0n) is 18.7. The van der Waals surface area contributed by atoms with Crippen molar-refractivity contribution in [2.24, 2.45) is 0 Å². The number of rotatable bonds is 7. The first-order chi connectivity index (χ1) is 15.9. The van der Waals surface area contributed by atoms with Gasteiger partial charge in [-0.3, -0.25) is 19.7 Å². The average molecular weight is 456 g/mol. The van der Waals surface area contributed by atoms with Gasteiger partial charge in [-0.15, -0.1) is 0 Å². The van der Waals surface area contributed by atoms with Crippen molar-refractivity contribution in [3.8, 4) is 0 Å². The predicted molar refractivity (Wildman–Crippen MR) is 123 cm³/mol. The summed E-state index contributed by atoms with van der Waals surface area (Å²) < 4.78 is 5.64. The number of benzene rings is 1. The first kappa shape index (κ1) is 22.6. The molecule has 1 unspecified atom stereocenters. The van der Waals surface area contributed by atoms with Gasteiger partial charge in [0.15, 0.2) is 5.82 Å². The quantitative estimate of drug-likeness (QED) is 0.486. The number of nitrogens with zero attached hydrogens (tertiary/aromatic N) is 3. The summed E-state index contributed by atoms with van der Waals surface area (Å²) in [7, 11) is 0. The van der Waals surface area contributed by atoms with Gasteiger partial charge >= 0.3 is 0 Å². The van der Waals surface area contributed by atoms with E-state index in [2.05, 4.69) is 10.6 Å². The van der Waals surface area contributed by atoms with Gasteiger partial charge in [0.05, 0.1) is 11.5 Å². The second-order valence-corrected chi connectivity index (χ2v) is 8.60. The van der Waals surface area contributed by atoms with Crippen LogP contribution in [0, 0.1) is 17.0 Å². The Morgan fingerprint density at radius 3 is 2.73 bits per heavy atom. The molecule has 4 rings (SSSR count). The van der Waals surface area contributed by atoms with Crippen LogP contribution in [0.1, 0.15) is 37.9 Å². The Kier molecular flexibility index (Phi) is 6.81. The number of nitro groups is 1. The predicted octanol–water partition coefficient (Wildman–Crippen LogP) is 2.82. The highest BCUT2D eigenvalue weighted by molar-refractivity contribution is 5.88. The molecule has 1 atom stereocenters. The Balaban J connectivity index is 1.47. The molecule has 2 amide bonds. The number of aryl methyl sites for hydroxylation is 1. The average Bonchev–Trinajstić information content (AvgIpc) is 3.39. The molecule has 2 N–H and O–H groups in total. The lowest BCUT2D eigenvalue weighted by Crippen LogP contribution is -2.49. The zero-order valence-corrected chi connectivity index (χ0v) is 18.7. The molecule has 2 fully saturated rings. The number of likely N-dealkylation sites (tertiary alicyclic amines) is 2. The third-order valence-electron chi connectivity index (χ3n) is 6.05. The molecule has 3 heterocycles. The summed E-state index contributed by atoms with van der Waals surface area (Å²) in [4.78, 5) is 39.8. The summed E-state index contributed by atoms with van der Waals surface area (Å²) in [6.07, 6.45) is 4.90. The zero-order chi connectivity index (χ0) is 23.4. The largest absolute Gasteiger partial charge is 0.461 e. The van der Waals surface area contributed by atoms with Gasteiger partial charge in [0, 0.05) is 36.8 Å². The Labute approximate surface area is 191 Å². The molecule has 0 radical (unpaired) electrons. The molecule has 176 valence electrons. The number of anilines is 1. The van der Waals surface area contributed by atoms with E-state index in [1.807, 2.05) is 19.1 Å². The first-order valence-electron chi connectivity index (χ1n) is 11.3. The summed E-state index contributed by atoms with van der Waals surface area (Å²) in [6, 6.07) is 6.66. The summed E-state index contributed by atoms with van der Waals surface area (Å²) in [5, 5.41) is 18.2. The van der Waals surface area contributed by atoms with Crippen LogP contribution in [0.2, 0.25) is 0 Å². The van der Waals surface area contributed by atoms with E-state index in [-0.39, 0.29) is 24.2 Å². The maximum absolute atomic E-state index is 13.2. The molecule has 0 spiro atoms. The van der Waals surface area contributed by atoms with Gasteiger partial charge in [0.1, 0.15) is 17.4 Å². The van der Waals surface area contributed by atoms with Crippen LogP contribution in [0.3, 0.4) is 0 Å². The number of fused-ring (bicyclic) bond motifs is 1. The normalized spacial score (nSPS) is 19.6. The van der Waals surface area contributed by atoms with Crippen LogP contribution in [0.25, 0.3) is 11.0 Å². The summed E-state index contributed by atoms with van der Waals surface area (Å²) >= 11 is 0. The van der Waals surface area contributed by atoms with Gasteiger partial charge in [0.25, 0.3) is 6.20 Å². The topological polar surface area (TPSA) is 121 Å². The first-order valence-corrected chi connectivity index (χ1v) is 11.3. The van der Waals surface area contributed by atoms with E-state index in [0.717, 1.165) is 56.1 Å². The molecular formula is C23H29N5O5. The van der Waals surface area contributed by atoms with Gasteiger partial charge in [-0.05, 0) is 57.2 Å². The van der Waals surface area contributed by atoms with Crippen LogP contribution >= 0.6 is 0 Å². The number of carbonyl (C=O) groups is 2. The van der Waals surface area contributed by atoms with Gasteiger partial charge in [-0.25, -0.2) is 0 Å². The minimum atomic E-state index is -0.660. The van der Waals surface area contributed by atoms with Gasteiger partial charge in [-0.1, -0.05) is 0 Å². The van der Waals surface area contributed by atoms with Gasteiger partial charge in [-0.2, -0.15) is 0 Å². The molecule has 10 heteroatoms. The molecule has 2 aliphatic heterocycles. The number of furan rings is 1. The van der Waals surface area contributed by atoms with E-state index >= 15 is 0 Å². The van der Waals surface area contributed by atoms with Crippen LogP contribution in [0.4, 0.5) is 5.69 Å². The molecule has 0 saturated carbocycles. The van der Waals surface area contributed by atoms with Crippen molar-refractivity contribution in [1.29, 1.82) is 0 Å². The Hall–Kier alpha value is -3.56. The maximum atomic E-state index is 13.2. The van der Waals surface area contributed by atoms with E-state index in [1.165, 1.54) is 0 Å². The third kappa shape index (κ3) is 5.63.